The Morgan fingerprint density at radius 2 is 2.07 bits per heavy atom. The normalized spacial score (nSPS) is 18.0. The number of pyridine rings is 1. The number of amides is 3. The number of carboxylic acid groups (broad SMARTS) is 1. The third-order valence-electron chi connectivity index (χ3n) is 4.34. The molecule has 1 aromatic rings. The van der Waals surface area contributed by atoms with E-state index < -0.39 is 48.2 Å². The SMILES string of the molecule is C[C@H](NC(=O)c1ccccn1)C(=O)N1CCC[C@H]1C(=O)NC(C=O)CC(=O)O. The van der Waals surface area contributed by atoms with Crippen molar-refractivity contribution in [3.63, 3.8) is 0 Å². The summed E-state index contributed by atoms with van der Waals surface area (Å²) in [5, 5.41) is 13.7. The smallest absolute Gasteiger partial charge is 0.305 e. The van der Waals surface area contributed by atoms with Crippen LogP contribution >= 0.6 is 0 Å². The highest BCUT2D eigenvalue weighted by atomic mass is 16.4. The topological polar surface area (TPSA) is 146 Å². The first kappa shape index (κ1) is 21.0. The molecular formula is C18H22N4O6. The van der Waals surface area contributed by atoms with E-state index in [1.807, 2.05) is 0 Å². The molecule has 1 aliphatic heterocycles. The molecule has 1 aliphatic rings. The Balaban J connectivity index is 1.99. The Morgan fingerprint density at radius 1 is 1.32 bits per heavy atom. The van der Waals surface area contributed by atoms with Crippen molar-refractivity contribution < 1.29 is 29.1 Å². The maximum atomic E-state index is 12.7. The van der Waals surface area contributed by atoms with Gasteiger partial charge in [0.1, 0.15) is 24.1 Å². The number of nitrogens with one attached hydrogen (secondary N) is 2. The molecule has 3 N–H and O–H groups in total. The first-order valence-corrected chi connectivity index (χ1v) is 8.83. The molecule has 10 heteroatoms. The largest absolute Gasteiger partial charge is 0.481 e. The van der Waals surface area contributed by atoms with Crippen LogP contribution in [-0.2, 0) is 19.2 Å². The molecule has 28 heavy (non-hydrogen) atoms. The van der Waals surface area contributed by atoms with Crippen molar-refractivity contribution in [1.82, 2.24) is 20.5 Å². The van der Waals surface area contributed by atoms with E-state index in [2.05, 4.69) is 15.6 Å². The molecule has 1 unspecified atom stereocenters. The Hall–Kier alpha value is -3.30. The quantitative estimate of drug-likeness (QED) is 0.500. The molecule has 1 aromatic heterocycles. The van der Waals surface area contributed by atoms with Crippen molar-refractivity contribution in [2.75, 3.05) is 6.54 Å². The van der Waals surface area contributed by atoms with Gasteiger partial charge in [-0.1, -0.05) is 6.07 Å². The summed E-state index contributed by atoms with van der Waals surface area (Å²) < 4.78 is 0. The molecule has 1 saturated heterocycles. The van der Waals surface area contributed by atoms with Gasteiger partial charge in [-0.2, -0.15) is 0 Å². The number of carboxylic acids is 1. The van der Waals surface area contributed by atoms with Crippen molar-refractivity contribution in [3.8, 4) is 0 Å². The fourth-order valence-corrected chi connectivity index (χ4v) is 2.98. The number of likely N-dealkylation sites (tertiary alicyclic amines) is 1. The lowest BCUT2D eigenvalue weighted by Crippen LogP contribution is -2.54. The lowest BCUT2D eigenvalue weighted by Gasteiger charge is -2.27. The lowest BCUT2D eigenvalue weighted by molar-refractivity contribution is -0.141. The Labute approximate surface area is 161 Å². The third kappa shape index (κ3) is 5.35. The van der Waals surface area contributed by atoms with Gasteiger partial charge in [-0.05, 0) is 31.9 Å². The average molecular weight is 390 g/mol. The van der Waals surface area contributed by atoms with E-state index in [1.165, 1.54) is 24.1 Å². The van der Waals surface area contributed by atoms with Crippen molar-refractivity contribution in [2.45, 2.75) is 44.3 Å². The van der Waals surface area contributed by atoms with Crippen molar-refractivity contribution in [3.05, 3.63) is 30.1 Å². The van der Waals surface area contributed by atoms with Crippen LogP contribution in [0.4, 0.5) is 0 Å². The van der Waals surface area contributed by atoms with Gasteiger partial charge < -0.3 is 25.4 Å². The minimum Gasteiger partial charge on any atom is -0.481 e. The lowest BCUT2D eigenvalue weighted by atomic mass is 10.1. The standard InChI is InChI=1S/C18H22N4O6/c1-11(20-16(26)13-5-2-3-7-19-13)18(28)22-8-4-6-14(22)17(27)21-12(10-23)9-15(24)25/h2-3,5,7,10-12,14H,4,6,8-9H2,1H3,(H,20,26)(H,21,27)(H,24,25)/t11-,12?,14-/m0/s1. The maximum absolute atomic E-state index is 12.7. The first-order chi connectivity index (χ1) is 13.3. The number of aldehydes is 1. The van der Waals surface area contributed by atoms with Crippen molar-refractivity contribution in [2.24, 2.45) is 0 Å². The van der Waals surface area contributed by atoms with Gasteiger partial charge in [-0.3, -0.25) is 24.2 Å². The molecule has 0 aromatic carbocycles. The summed E-state index contributed by atoms with van der Waals surface area (Å²) in [5.74, 6) is -2.76. The van der Waals surface area contributed by atoms with Crippen molar-refractivity contribution >= 4 is 30.0 Å². The fraction of sp³-hybridized carbons (Fsp3) is 0.444. The molecule has 0 radical (unpaired) electrons. The number of rotatable bonds is 8. The molecule has 1 fully saturated rings. The van der Waals surface area contributed by atoms with E-state index in [4.69, 9.17) is 5.11 Å². The summed E-state index contributed by atoms with van der Waals surface area (Å²) in [6.45, 7) is 1.83. The molecule has 10 nitrogen and oxygen atoms in total. The number of aliphatic carboxylic acids is 1. The van der Waals surface area contributed by atoms with Gasteiger partial charge in [-0.15, -0.1) is 0 Å². The van der Waals surface area contributed by atoms with E-state index in [-0.39, 0.29) is 5.69 Å². The molecule has 150 valence electrons. The van der Waals surface area contributed by atoms with Crippen molar-refractivity contribution in [1.29, 1.82) is 0 Å². The van der Waals surface area contributed by atoms with Crippen LogP contribution in [-0.4, -0.2) is 69.6 Å². The second kappa shape index (κ2) is 9.58. The van der Waals surface area contributed by atoms with Crippen LogP contribution in [0, 0.1) is 0 Å². The Kier molecular flexibility index (Phi) is 7.19. The summed E-state index contributed by atoms with van der Waals surface area (Å²) in [5.41, 5.74) is 0.167. The molecule has 3 atom stereocenters. The summed E-state index contributed by atoms with van der Waals surface area (Å²) >= 11 is 0. The first-order valence-electron chi connectivity index (χ1n) is 8.83. The third-order valence-corrected chi connectivity index (χ3v) is 4.34. The number of aromatic nitrogens is 1. The van der Waals surface area contributed by atoms with Gasteiger partial charge in [0.2, 0.25) is 11.8 Å². The summed E-state index contributed by atoms with van der Waals surface area (Å²) in [6, 6.07) is 1.96. The van der Waals surface area contributed by atoms with Crippen LogP contribution in [0.1, 0.15) is 36.7 Å². The van der Waals surface area contributed by atoms with Gasteiger partial charge in [0, 0.05) is 12.7 Å². The van der Waals surface area contributed by atoms with Crippen LogP contribution in [0.2, 0.25) is 0 Å². The maximum Gasteiger partial charge on any atom is 0.305 e. The number of carbonyl (C=O) groups is 5. The zero-order valence-electron chi connectivity index (χ0n) is 15.3. The van der Waals surface area contributed by atoms with Crippen LogP contribution in [0.3, 0.4) is 0 Å². The Morgan fingerprint density at radius 3 is 2.68 bits per heavy atom. The average Bonchev–Trinajstić information content (AvgIpc) is 3.16. The van der Waals surface area contributed by atoms with Crippen LogP contribution in [0.25, 0.3) is 0 Å². The fourth-order valence-electron chi connectivity index (χ4n) is 2.98. The van der Waals surface area contributed by atoms with E-state index in [0.29, 0.717) is 25.7 Å². The second-order valence-corrected chi connectivity index (χ2v) is 6.45. The predicted molar refractivity (Wildman–Crippen MR) is 96.1 cm³/mol. The predicted octanol–water partition coefficient (Wildman–Crippen LogP) is -0.651. The molecule has 0 spiro atoms. The number of hydrogen-bond acceptors (Lipinski definition) is 6. The molecule has 0 bridgehead atoms. The van der Waals surface area contributed by atoms with Crippen LogP contribution in [0.15, 0.2) is 24.4 Å². The van der Waals surface area contributed by atoms with Crippen LogP contribution < -0.4 is 10.6 Å². The van der Waals surface area contributed by atoms with E-state index in [0.717, 1.165) is 0 Å². The van der Waals surface area contributed by atoms with Gasteiger partial charge in [0.05, 0.1) is 12.5 Å². The summed E-state index contributed by atoms with van der Waals surface area (Å²) in [6.07, 6.45) is 2.24. The molecular weight excluding hydrogens is 368 g/mol. The zero-order chi connectivity index (χ0) is 20.7. The molecule has 2 heterocycles. The summed E-state index contributed by atoms with van der Waals surface area (Å²) in [7, 11) is 0. The zero-order valence-corrected chi connectivity index (χ0v) is 15.3. The highest BCUT2D eigenvalue weighted by Gasteiger charge is 2.37. The number of hydrogen-bond donors (Lipinski definition) is 3. The van der Waals surface area contributed by atoms with Crippen LogP contribution in [0.5, 0.6) is 0 Å². The second-order valence-electron chi connectivity index (χ2n) is 6.45. The van der Waals surface area contributed by atoms with Gasteiger partial charge in [-0.25, -0.2) is 0 Å². The van der Waals surface area contributed by atoms with E-state index in [9.17, 15) is 24.0 Å². The van der Waals surface area contributed by atoms with Gasteiger partial charge in [0.25, 0.3) is 5.91 Å². The monoisotopic (exact) mass is 390 g/mol. The molecule has 2 rings (SSSR count). The summed E-state index contributed by atoms with van der Waals surface area (Å²) in [4.78, 5) is 64.2. The highest BCUT2D eigenvalue weighted by molar-refractivity contribution is 5.97. The molecule has 0 saturated carbocycles. The molecule has 3 amide bonds. The van der Waals surface area contributed by atoms with E-state index >= 15 is 0 Å². The van der Waals surface area contributed by atoms with Gasteiger partial charge in [0.15, 0.2) is 0 Å². The minimum atomic E-state index is -1.22. The minimum absolute atomic E-state index is 0.167. The highest BCUT2D eigenvalue weighted by Crippen LogP contribution is 2.19. The van der Waals surface area contributed by atoms with E-state index in [1.54, 1.807) is 12.1 Å². The number of nitrogens with zero attached hydrogens (tertiary/aromatic N) is 2. The Bertz CT molecular complexity index is 754. The number of carbonyl (C=O) groups excluding carboxylic acids is 4. The van der Waals surface area contributed by atoms with Gasteiger partial charge >= 0.3 is 5.97 Å². The molecule has 0 aliphatic carbocycles.